The van der Waals surface area contributed by atoms with Crippen LogP contribution in [0, 0.1) is 0 Å². The van der Waals surface area contributed by atoms with Gasteiger partial charge in [0.25, 0.3) is 5.91 Å². The van der Waals surface area contributed by atoms with Crippen LogP contribution in [0.2, 0.25) is 5.02 Å². The van der Waals surface area contributed by atoms with Crippen molar-refractivity contribution in [3.8, 4) is 5.75 Å². The predicted molar refractivity (Wildman–Crippen MR) is 96.7 cm³/mol. The summed E-state index contributed by atoms with van der Waals surface area (Å²) in [6.45, 7) is 0.468. The van der Waals surface area contributed by atoms with Crippen molar-refractivity contribution in [1.82, 2.24) is 9.62 Å². The largest absolute Gasteiger partial charge is 0.482 e. The maximum atomic E-state index is 13.1. The Balaban J connectivity index is 0.00000225. The van der Waals surface area contributed by atoms with Crippen LogP contribution in [0.1, 0.15) is 19.3 Å². The monoisotopic (exact) mass is 409 g/mol. The number of ether oxygens (including phenoxy) is 1. The van der Waals surface area contributed by atoms with Crippen LogP contribution in [0.4, 0.5) is 0 Å². The fraction of sp³-hybridized carbons (Fsp3) is 0.533. The third-order valence-corrected chi connectivity index (χ3v) is 6.50. The molecule has 0 spiro atoms. The first-order valence-corrected chi connectivity index (χ1v) is 9.65. The third kappa shape index (κ3) is 4.57. The zero-order chi connectivity index (χ0) is 17.3. The number of carbonyl (C=O) groups excluding carboxylic acids is 1. The lowest BCUT2D eigenvalue weighted by Gasteiger charge is -2.24. The average molecular weight is 410 g/mol. The van der Waals surface area contributed by atoms with Gasteiger partial charge in [-0.25, -0.2) is 8.42 Å². The Kier molecular flexibility index (Phi) is 6.56. The smallest absolute Gasteiger partial charge is 0.255 e. The summed E-state index contributed by atoms with van der Waals surface area (Å²) in [5.74, 6) is -0.592. The Hall–Kier alpha value is -1.06. The Bertz CT molecular complexity index is 744. The normalized spacial score (nSPS) is 23.6. The molecule has 140 valence electrons. The summed E-state index contributed by atoms with van der Waals surface area (Å²) < 4.78 is 32.9. The van der Waals surface area contributed by atoms with Gasteiger partial charge in [0, 0.05) is 30.2 Å². The highest BCUT2D eigenvalue weighted by Gasteiger charge is 2.36. The van der Waals surface area contributed by atoms with Crippen LogP contribution in [-0.2, 0) is 14.8 Å². The number of sulfonamides is 1. The second kappa shape index (κ2) is 8.09. The molecule has 10 heteroatoms. The summed E-state index contributed by atoms with van der Waals surface area (Å²) in [5.41, 5.74) is 5.08. The minimum Gasteiger partial charge on any atom is -0.482 e. The summed E-state index contributed by atoms with van der Waals surface area (Å²) in [5, 5.41) is 3.73. The van der Waals surface area contributed by atoms with E-state index in [-0.39, 0.29) is 34.1 Å². The van der Waals surface area contributed by atoms with Crippen molar-refractivity contribution in [2.24, 2.45) is 5.73 Å². The first-order chi connectivity index (χ1) is 11.4. The molecular weight excluding hydrogens is 389 g/mol. The molecule has 0 saturated carbocycles. The molecule has 2 unspecified atom stereocenters. The van der Waals surface area contributed by atoms with Crippen LogP contribution >= 0.6 is 24.0 Å². The highest BCUT2D eigenvalue weighted by molar-refractivity contribution is 7.89. The summed E-state index contributed by atoms with van der Waals surface area (Å²) >= 11 is 5.98. The molecule has 2 bridgehead atoms. The van der Waals surface area contributed by atoms with Gasteiger partial charge in [-0.3, -0.25) is 4.79 Å². The molecule has 3 N–H and O–H groups in total. The summed E-state index contributed by atoms with van der Waals surface area (Å²) in [4.78, 5) is 10.9. The van der Waals surface area contributed by atoms with Gasteiger partial charge in [-0.1, -0.05) is 11.6 Å². The van der Waals surface area contributed by atoms with Crippen LogP contribution in [0.5, 0.6) is 5.75 Å². The summed E-state index contributed by atoms with van der Waals surface area (Å²) in [7, 11) is -3.78. The zero-order valence-electron chi connectivity index (χ0n) is 13.5. The van der Waals surface area contributed by atoms with Gasteiger partial charge in [0.05, 0.1) is 0 Å². The molecule has 1 aromatic carbocycles. The minimum absolute atomic E-state index is 0. The van der Waals surface area contributed by atoms with E-state index in [1.54, 1.807) is 0 Å². The fourth-order valence-corrected chi connectivity index (χ4v) is 5.11. The van der Waals surface area contributed by atoms with E-state index in [1.807, 2.05) is 0 Å². The van der Waals surface area contributed by atoms with Crippen molar-refractivity contribution in [2.75, 3.05) is 19.7 Å². The zero-order valence-corrected chi connectivity index (χ0v) is 15.9. The first kappa shape index (κ1) is 20.3. The van der Waals surface area contributed by atoms with Gasteiger partial charge < -0.3 is 15.8 Å². The van der Waals surface area contributed by atoms with Crippen molar-refractivity contribution < 1.29 is 17.9 Å². The average Bonchev–Trinajstić information content (AvgIpc) is 2.84. The van der Waals surface area contributed by atoms with Gasteiger partial charge in [0.15, 0.2) is 6.61 Å². The molecular formula is C15H21Cl2N3O4S. The second-order valence-corrected chi connectivity index (χ2v) is 8.48. The molecule has 25 heavy (non-hydrogen) atoms. The highest BCUT2D eigenvalue weighted by atomic mass is 35.5. The van der Waals surface area contributed by atoms with E-state index in [9.17, 15) is 13.2 Å². The Morgan fingerprint density at radius 3 is 2.76 bits per heavy atom. The molecule has 0 aromatic heterocycles. The van der Waals surface area contributed by atoms with Crippen molar-refractivity contribution in [1.29, 1.82) is 0 Å². The minimum atomic E-state index is -3.78. The van der Waals surface area contributed by atoms with Crippen LogP contribution in [0.3, 0.4) is 0 Å². The molecule has 2 fully saturated rings. The number of benzene rings is 1. The quantitative estimate of drug-likeness (QED) is 0.758. The molecule has 0 radical (unpaired) electrons. The van der Waals surface area contributed by atoms with Gasteiger partial charge in [-0.2, -0.15) is 4.31 Å². The molecule has 2 atom stereocenters. The number of hydrogen-bond acceptors (Lipinski definition) is 5. The van der Waals surface area contributed by atoms with E-state index < -0.39 is 22.5 Å². The molecule has 2 saturated heterocycles. The third-order valence-electron chi connectivity index (χ3n) is 4.38. The second-order valence-electron chi connectivity index (χ2n) is 6.14. The molecule has 1 aromatic rings. The van der Waals surface area contributed by atoms with Crippen molar-refractivity contribution in [3.63, 3.8) is 0 Å². The highest BCUT2D eigenvalue weighted by Crippen LogP contribution is 2.32. The van der Waals surface area contributed by atoms with Crippen LogP contribution in [0.25, 0.3) is 0 Å². The molecule has 2 heterocycles. The van der Waals surface area contributed by atoms with Crippen LogP contribution < -0.4 is 15.8 Å². The summed E-state index contributed by atoms with van der Waals surface area (Å²) in [6.07, 6.45) is 2.83. The van der Waals surface area contributed by atoms with Gasteiger partial charge in [-0.15, -0.1) is 12.4 Å². The predicted octanol–water partition coefficient (Wildman–Crippen LogP) is 1.14. The molecule has 3 rings (SSSR count). The summed E-state index contributed by atoms with van der Waals surface area (Å²) in [6, 6.07) is 4.86. The molecule has 2 aliphatic rings. The van der Waals surface area contributed by atoms with Gasteiger partial charge in [0.2, 0.25) is 10.0 Å². The van der Waals surface area contributed by atoms with Crippen molar-refractivity contribution in [2.45, 2.75) is 36.2 Å². The Morgan fingerprint density at radius 1 is 1.32 bits per heavy atom. The fourth-order valence-electron chi connectivity index (χ4n) is 3.22. The van der Waals surface area contributed by atoms with Crippen LogP contribution in [0.15, 0.2) is 23.1 Å². The Labute approximate surface area is 158 Å². The van der Waals surface area contributed by atoms with E-state index in [4.69, 9.17) is 22.1 Å². The number of hydrogen-bond donors (Lipinski definition) is 2. The molecule has 1 amide bonds. The number of carbonyl (C=O) groups is 1. The van der Waals surface area contributed by atoms with E-state index in [2.05, 4.69) is 5.32 Å². The molecule has 2 aliphatic heterocycles. The number of nitrogens with two attached hydrogens (primary N) is 1. The first-order valence-electron chi connectivity index (χ1n) is 7.83. The lowest BCUT2D eigenvalue weighted by atomic mass is 10.1. The van der Waals surface area contributed by atoms with Gasteiger partial charge >= 0.3 is 0 Å². The Morgan fingerprint density at radius 2 is 2.04 bits per heavy atom. The van der Waals surface area contributed by atoms with Gasteiger partial charge in [0.1, 0.15) is 10.6 Å². The number of nitrogens with one attached hydrogen (secondary N) is 1. The van der Waals surface area contributed by atoms with Gasteiger partial charge in [-0.05, 0) is 37.5 Å². The number of primary amides is 1. The van der Waals surface area contributed by atoms with E-state index in [0.717, 1.165) is 19.3 Å². The van der Waals surface area contributed by atoms with Crippen LogP contribution in [-0.4, -0.2) is 50.4 Å². The number of halogens is 2. The topological polar surface area (TPSA) is 102 Å². The number of amides is 1. The maximum Gasteiger partial charge on any atom is 0.255 e. The number of rotatable bonds is 5. The standard InChI is InChI=1S/C15H20ClN3O4S.ClH/c16-10-1-4-13(23-9-15(17)20)14(7-10)24(21,22)19-6-5-11-2-3-12(8-19)18-11;/h1,4,7,11-12,18H,2-3,5-6,8-9H2,(H2,17,20);1H. The maximum absolute atomic E-state index is 13.1. The van der Waals surface area contributed by atoms with E-state index >= 15 is 0 Å². The van der Waals surface area contributed by atoms with E-state index in [0.29, 0.717) is 19.1 Å². The molecule has 7 nitrogen and oxygen atoms in total. The lowest BCUT2D eigenvalue weighted by Crippen LogP contribution is -2.39. The van der Waals surface area contributed by atoms with Crippen molar-refractivity contribution in [3.05, 3.63) is 23.2 Å². The van der Waals surface area contributed by atoms with E-state index in [1.165, 1.54) is 22.5 Å². The lowest BCUT2D eigenvalue weighted by molar-refractivity contribution is -0.120. The molecule has 0 aliphatic carbocycles. The SMILES string of the molecule is Cl.NC(=O)COc1ccc(Cl)cc1S(=O)(=O)N1CCC2CCC(C1)N2. The number of nitrogens with zero attached hydrogens (tertiary/aromatic N) is 1. The van der Waals surface area contributed by atoms with Crippen molar-refractivity contribution >= 4 is 39.9 Å². The number of fused-ring (bicyclic) bond motifs is 2.